The molecule has 3 aromatic rings. The van der Waals surface area contributed by atoms with E-state index in [-0.39, 0.29) is 5.63 Å². The van der Waals surface area contributed by atoms with Gasteiger partial charge in [0.05, 0.1) is 0 Å². The molecule has 0 unspecified atom stereocenters. The zero-order valence-corrected chi connectivity index (χ0v) is 13.9. The van der Waals surface area contributed by atoms with Gasteiger partial charge in [0.25, 0.3) is 0 Å². The summed E-state index contributed by atoms with van der Waals surface area (Å²) in [6.45, 7) is 3.86. The fourth-order valence-corrected chi connectivity index (χ4v) is 3.75. The molecule has 0 spiro atoms. The molecule has 3 heteroatoms. The van der Waals surface area contributed by atoms with E-state index in [9.17, 15) is 4.79 Å². The van der Waals surface area contributed by atoms with Gasteiger partial charge in [-0.3, -0.25) is 4.90 Å². The van der Waals surface area contributed by atoms with E-state index in [1.165, 1.54) is 18.4 Å². The van der Waals surface area contributed by atoms with Crippen LogP contribution in [0.4, 0.5) is 0 Å². The van der Waals surface area contributed by atoms with Crippen LogP contribution in [-0.2, 0) is 6.54 Å². The Hall–Kier alpha value is -2.39. The van der Waals surface area contributed by atoms with Crippen LogP contribution in [0.2, 0.25) is 0 Å². The van der Waals surface area contributed by atoms with E-state index in [1.807, 2.05) is 13.0 Å². The Bertz CT molecular complexity index is 914. The number of aryl methyl sites for hydroxylation is 1. The lowest BCUT2D eigenvalue weighted by Gasteiger charge is -2.25. The molecule has 2 heterocycles. The predicted octanol–water partition coefficient (Wildman–Crippen LogP) is 4.44. The molecule has 3 nitrogen and oxygen atoms in total. The van der Waals surface area contributed by atoms with Gasteiger partial charge in [0.1, 0.15) is 5.58 Å². The van der Waals surface area contributed by atoms with Crippen molar-refractivity contribution in [2.75, 3.05) is 6.54 Å². The highest BCUT2D eigenvalue weighted by Gasteiger charge is 2.26. The van der Waals surface area contributed by atoms with Gasteiger partial charge in [0, 0.05) is 24.0 Å². The van der Waals surface area contributed by atoms with Gasteiger partial charge in [0.2, 0.25) is 0 Å². The first kappa shape index (κ1) is 15.2. The van der Waals surface area contributed by atoms with Crippen molar-refractivity contribution in [1.82, 2.24) is 4.90 Å². The van der Waals surface area contributed by atoms with E-state index >= 15 is 0 Å². The van der Waals surface area contributed by atoms with E-state index in [4.69, 9.17) is 4.42 Å². The number of rotatable bonds is 3. The molecule has 1 aliphatic heterocycles. The van der Waals surface area contributed by atoms with Crippen molar-refractivity contribution in [2.45, 2.75) is 32.4 Å². The highest BCUT2D eigenvalue weighted by molar-refractivity contribution is 5.80. The minimum Gasteiger partial charge on any atom is -0.423 e. The van der Waals surface area contributed by atoms with Crippen molar-refractivity contribution in [1.29, 1.82) is 0 Å². The van der Waals surface area contributed by atoms with Crippen LogP contribution < -0.4 is 5.63 Å². The maximum Gasteiger partial charge on any atom is 0.336 e. The summed E-state index contributed by atoms with van der Waals surface area (Å²) in [6, 6.07) is 18.8. The molecule has 1 fully saturated rings. The molecule has 0 N–H and O–H groups in total. The molecule has 1 saturated heterocycles. The normalized spacial score (nSPS) is 18.3. The first-order valence-electron chi connectivity index (χ1n) is 8.53. The van der Waals surface area contributed by atoms with E-state index in [2.05, 4.69) is 47.4 Å². The SMILES string of the molecule is Cc1ccc2c(CN3CCC[C@@H]3c3ccccc3)cc(=O)oc2c1. The fraction of sp³-hybridized carbons (Fsp3) is 0.286. The molecule has 0 aliphatic carbocycles. The van der Waals surface area contributed by atoms with Crippen LogP contribution in [0.3, 0.4) is 0 Å². The van der Waals surface area contributed by atoms with Gasteiger partial charge in [-0.05, 0) is 49.1 Å². The van der Waals surface area contributed by atoms with Crippen molar-refractivity contribution in [2.24, 2.45) is 0 Å². The molecule has 4 rings (SSSR count). The third kappa shape index (κ3) is 2.87. The van der Waals surface area contributed by atoms with Gasteiger partial charge >= 0.3 is 5.63 Å². The van der Waals surface area contributed by atoms with Gasteiger partial charge < -0.3 is 4.42 Å². The maximum absolute atomic E-state index is 12.0. The summed E-state index contributed by atoms with van der Waals surface area (Å²) < 4.78 is 5.39. The van der Waals surface area contributed by atoms with Crippen molar-refractivity contribution in [3.8, 4) is 0 Å². The van der Waals surface area contributed by atoms with Crippen LogP contribution >= 0.6 is 0 Å². The van der Waals surface area contributed by atoms with Crippen molar-refractivity contribution in [3.05, 3.63) is 81.7 Å². The van der Waals surface area contributed by atoms with Crippen LogP contribution in [0.1, 0.15) is 35.6 Å². The molecule has 1 aromatic heterocycles. The van der Waals surface area contributed by atoms with E-state index in [1.54, 1.807) is 6.07 Å². The smallest absolute Gasteiger partial charge is 0.336 e. The van der Waals surface area contributed by atoms with Gasteiger partial charge in [-0.25, -0.2) is 4.79 Å². The lowest BCUT2D eigenvalue weighted by atomic mass is 10.0. The Morgan fingerprint density at radius 2 is 1.96 bits per heavy atom. The minimum atomic E-state index is -0.265. The number of benzene rings is 2. The highest BCUT2D eigenvalue weighted by Crippen LogP contribution is 2.33. The molecule has 2 aromatic carbocycles. The van der Waals surface area contributed by atoms with E-state index in [0.717, 1.165) is 29.6 Å². The van der Waals surface area contributed by atoms with Gasteiger partial charge in [-0.1, -0.05) is 42.5 Å². The number of hydrogen-bond donors (Lipinski definition) is 0. The Morgan fingerprint density at radius 1 is 1.12 bits per heavy atom. The second-order valence-electron chi connectivity index (χ2n) is 6.63. The third-order valence-electron chi connectivity index (χ3n) is 4.91. The Kier molecular flexibility index (Phi) is 3.95. The zero-order chi connectivity index (χ0) is 16.5. The zero-order valence-electron chi connectivity index (χ0n) is 13.9. The molecule has 122 valence electrons. The Morgan fingerprint density at radius 3 is 2.79 bits per heavy atom. The largest absolute Gasteiger partial charge is 0.423 e. The Balaban J connectivity index is 1.70. The van der Waals surface area contributed by atoms with Gasteiger partial charge in [-0.2, -0.15) is 0 Å². The third-order valence-corrected chi connectivity index (χ3v) is 4.91. The second kappa shape index (κ2) is 6.25. The lowest BCUT2D eigenvalue weighted by Crippen LogP contribution is -2.23. The summed E-state index contributed by atoms with van der Waals surface area (Å²) in [4.78, 5) is 14.4. The highest BCUT2D eigenvalue weighted by atomic mass is 16.4. The van der Waals surface area contributed by atoms with E-state index in [0.29, 0.717) is 11.6 Å². The number of nitrogens with zero attached hydrogens (tertiary/aromatic N) is 1. The summed E-state index contributed by atoms with van der Waals surface area (Å²) in [5, 5.41) is 1.04. The number of hydrogen-bond acceptors (Lipinski definition) is 3. The average molecular weight is 319 g/mol. The van der Waals surface area contributed by atoms with Crippen LogP contribution in [-0.4, -0.2) is 11.4 Å². The second-order valence-corrected chi connectivity index (χ2v) is 6.63. The van der Waals surface area contributed by atoms with E-state index < -0.39 is 0 Å². The molecular formula is C21H21NO2. The lowest BCUT2D eigenvalue weighted by molar-refractivity contribution is 0.249. The van der Waals surface area contributed by atoms with Crippen LogP contribution in [0.15, 0.2) is 63.8 Å². The standard InChI is InChI=1S/C21H21NO2/c1-15-9-10-18-17(13-21(23)24-20(18)12-15)14-22-11-5-8-19(22)16-6-3-2-4-7-16/h2-4,6-7,9-10,12-13,19H,5,8,11,14H2,1H3/t19-/m1/s1. The minimum absolute atomic E-state index is 0.265. The summed E-state index contributed by atoms with van der Waals surface area (Å²) in [5.41, 5.74) is 3.94. The number of likely N-dealkylation sites (tertiary alicyclic amines) is 1. The summed E-state index contributed by atoms with van der Waals surface area (Å²) in [5.74, 6) is 0. The molecule has 1 atom stereocenters. The average Bonchev–Trinajstić information content (AvgIpc) is 3.03. The van der Waals surface area contributed by atoms with Gasteiger partial charge in [0.15, 0.2) is 0 Å². The molecule has 24 heavy (non-hydrogen) atoms. The predicted molar refractivity (Wildman–Crippen MR) is 96.0 cm³/mol. The summed E-state index contributed by atoms with van der Waals surface area (Å²) in [7, 11) is 0. The van der Waals surface area contributed by atoms with Crippen molar-refractivity contribution in [3.63, 3.8) is 0 Å². The molecular weight excluding hydrogens is 298 g/mol. The topological polar surface area (TPSA) is 33.5 Å². The first-order valence-corrected chi connectivity index (χ1v) is 8.53. The summed E-state index contributed by atoms with van der Waals surface area (Å²) >= 11 is 0. The fourth-order valence-electron chi connectivity index (χ4n) is 3.75. The van der Waals surface area contributed by atoms with Crippen molar-refractivity contribution >= 4 is 11.0 Å². The van der Waals surface area contributed by atoms with Crippen molar-refractivity contribution < 1.29 is 4.42 Å². The molecule has 0 saturated carbocycles. The monoisotopic (exact) mass is 319 g/mol. The molecule has 0 bridgehead atoms. The molecule has 0 amide bonds. The molecule has 0 radical (unpaired) electrons. The van der Waals surface area contributed by atoms with Crippen LogP contribution in [0.5, 0.6) is 0 Å². The summed E-state index contributed by atoms with van der Waals surface area (Å²) in [6.07, 6.45) is 2.36. The van der Waals surface area contributed by atoms with Crippen LogP contribution in [0.25, 0.3) is 11.0 Å². The Labute approximate surface area is 141 Å². The first-order chi connectivity index (χ1) is 11.7. The van der Waals surface area contributed by atoms with Gasteiger partial charge in [-0.15, -0.1) is 0 Å². The maximum atomic E-state index is 12.0. The van der Waals surface area contributed by atoms with Crippen LogP contribution in [0, 0.1) is 6.92 Å². The number of fused-ring (bicyclic) bond motifs is 1. The quantitative estimate of drug-likeness (QED) is 0.669. The molecule has 1 aliphatic rings.